The number of rotatable bonds is 5. The van der Waals surface area contributed by atoms with Crippen LogP contribution in [0.25, 0.3) is 6.08 Å². The number of benzene rings is 1. The van der Waals surface area contributed by atoms with Gasteiger partial charge in [0.2, 0.25) is 5.91 Å². The molecule has 0 radical (unpaired) electrons. The minimum absolute atomic E-state index is 0.119. The van der Waals surface area contributed by atoms with Crippen molar-refractivity contribution in [3.63, 3.8) is 0 Å². The van der Waals surface area contributed by atoms with Crippen molar-refractivity contribution in [2.45, 2.75) is 19.8 Å². The monoisotopic (exact) mass is 350 g/mol. The molecule has 4 heteroatoms. The van der Waals surface area contributed by atoms with Gasteiger partial charge < -0.3 is 4.90 Å². The number of hydrogen-bond donors (Lipinski definition) is 0. The zero-order valence-corrected chi connectivity index (χ0v) is 14.2. The second-order valence-corrected chi connectivity index (χ2v) is 6.32. The molecule has 0 N–H and O–H groups in total. The average molecular weight is 351 g/mol. The van der Waals surface area contributed by atoms with Gasteiger partial charge in [0.05, 0.1) is 0 Å². The molecule has 114 valence electrons. The van der Waals surface area contributed by atoms with E-state index in [-0.39, 0.29) is 5.91 Å². The molecule has 0 atom stereocenters. The molecule has 1 saturated heterocycles. The van der Waals surface area contributed by atoms with Crippen molar-refractivity contribution < 1.29 is 4.79 Å². The summed E-state index contributed by atoms with van der Waals surface area (Å²) in [7, 11) is 0. The predicted octanol–water partition coefficient (Wildman–Crippen LogP) is 3.41. The van der Waals surface area contributed by atoms with E-state index in [1.807, 2.05) is 35.2 Å². The van der Waals surface area contributed by atoms with Gasteiger partial charge in [-0.25, -0.2) is 0 Å². The zero-order valence-electron chi connectivity index (χ0n) is 12.6. The Morgan fingerprint density at radius 1 is 1.19 bits per heavy atom. The van der Waals surface area contributed by atoms with E-state index in [4.69, 9.17) is 0 Å². The van der Waals surface area contributed by atoms with Crippen molar-refractivity contribution in [1.29, 1.82) is 0 Å². The van der Waals surface area contributed by atoms with Gasteiger partial charge in [0.1, 0.15) is 0 Å². The van der Waals surface area contributed by atoms with Gasteiger partial charge in [0.25, 0.3) is 0 Å². The van der Waals surface area contributed by atoms with Crippen molar-refractivity contribution >= 4 is 27.9 Å². The SMILES string of the molecule is CCCCN1CCN(C(=O)C=Cc2ccc(Br)cc2)CC1. The summed E-state index contributed by atoms with van der Waals surface area (Å²) in [5.41, 5.74) is 1.05. The van der Waals surface area contributed by atoms with Crippen LogP contribution < -0.4 is 0 Å². The third kappa shape index (κ3) is 5.29. The Labute approximate surface area is 135 Å². The minimum atomic E-state index is 0.119. The lowest BCUT2D eigenvalue weighted by atomic mass is 10.2. The Hall–Kier alpha value is -1.13. The number of unbranched alkanes of at least 4 members (excludes halogenated alkanes) is 1. The molecular formula is C17H23BrN2O. The van der Waals surface area contributed by atoms with E-state index in [2.05, 4.69) is 27.8 Å². The van der Waals surface area contributed by atoms with Crippen LogP contribution in [0.4, 0.5) is 0 Å². The molecule has 0 aromatic heterocycles. The first-order chi connectivity index (χ1) is 10.2. The van der Waals surface area contributed by atoms with E-state index in [1.54, 1.807) is 6.08 Å². The summed E-state index contributed by atoms with van der Waals surface area (Å²) in [6, 6.07) is 7.96. The lowest BCUT2D eigenvalue weighted by molar-refractivity contribution is -0.127. The van der Waals surface area contributed by atoms with E-state index in [0.717, 1.165) is 42.8 Å². The summed E-state index contributed by atoms with van der Waals surface area (Å²) in [4.78, 5) is 16.6. The highest BCUT2D eigenvalue weighted by molar-refractivity contribution is 9.10. The van der Waals surface area contributed by atoms with Crippen LogP contribution in [0.2, 0.25) is 0 Å². The van der Waals surface area contributed by atoms with Gasteiger partial charge in [-0.05, 0) is 36.7 Å². The maximum Gasteiger partial charge on any atom is 0.246 e. The molecule has 0 saturated carbocycles. The third-order valence-electron chi connectivity index (χ3n) is 3.80. The summed E-state index contributed by atoms with van der Waals surface area (Å²) in [5, 5.41) is 0. The zero-order chi connectivity index (χ0) is 15.1. The highest BCUT2D eigenvalue weighted by Gasteiger charge is 2.18. The quantitative estimate of drug-likeness (QED) is 0.759. The molecule has 3 nitrogen and oxygen atoms in total. The number of carbonyl (C=O) groups is 1. The fourth-order valence-electron chi connectivity index (χ4n) is 2.42. The van der Waals surface area contributed by atoms with Crippen molar-refractivity contribution in [2.75, 3.05) is 32.7 Å². The molecule has 0 spiro atoms. The molecule has 1 aromatic carbocycles. The van der Waals surface area contributed by atoms with Crippen molar-refractivity contribution in [3.05, 3.63) is 40.4 Å². The first kappa shape index (κ1) is 16.2. The van der Waals surface area contributed by atoms with Gasteiger partial charge in [-0.2, -0.15) is 0 Å². The molecule has 1 amide bonds. The van der Waals surface area contributed by atoms with E-state index in [1.165, 1.54) is 12.8 Å². The van der Waals surface area contributed by atoms with Crippen LogP contribution in [-0.2, 0) is 4.79 Å². The Kier molecular flexibility index (Phi) is 6.46. The van der Waals surface area contributed by atoms with Crippen LogP contribution in [-0.4, -0.2) is 48.4 Å². The first-order valence-corrected chi connectivity index (χ1v) is 8.43. The molecule has 0 aliphatic carbocycles. The number of halogens is 1. The lowest BCUT2D eigenvalue weighted by Gasteiger charge is -2.34. The van der Waals surface area contributed by atoms with E-state index < -0.39 is 0 Å². The van der Waals surface area contributed by atoms with Crippen LogP contribution in [0, 0.1) is 0 Å². The number of nitrogens with zero attached hydrogens (tertiary/aromatic N) is 2. The molecule has 1 aliphatic rings. The first-order valence-electron chi connectivity index (χ1n) is 7.64. The van der Waals surface area contributed by atoms with Gasteiger partial charge in [-0.3, -0.25) is 9.69 Å². The Balaban J connectivity index is 1.80. The molecule has 1 heterocycles. The van der Waals surface area contributed by atoms with Gasteiger partial charge in [-0.1, -0.05) is 41.4 Å². The molecule has 21 heavy (non-hydrogen) atoms. The topological polar surface area (TPSA) is 23.6 Å². The van der Waals surface area contributed by atoms with Gasteiger partial charge in [0, 0.05) is 36.7 Å². The highest BCUT2D eigenvalue weighted by atomic mass is 79.9. The predicted molar refractivity (Wildman–Crippen MR) is 91.1 cm³/mol. The standard InChI is InChI=1S/C17H23BrN2O/c1-2-3-10-19-11-13-20(14-12-19)17(21)9-6-15-4-7-16(18)8-5-15/h4-9H,2-3,10-14H2,1H3. The summed E-state index contributed by atoms with van der Waals surface area (Å²) < 4.78 is 1.05. The van der Waals surface area contributed by atoms with E-state index in [9.17, 15) is 4.79 Å². The van der Waals surface area contributed by atoms with Crippen molar-refractivity contribution in [1.82, 2.24) is 9.80 Å². The Morgan fingerprint density at radius 2 is 1.86 bits per heavy atom. The summed E-state index contributed by atoms with van der Waals surface area (Å²) in [6.07, 6.45) is 6.05. The largest absolute Gasteiger partial charge is 0.337 e. The third-order valence-corrected chi connectivity index (χ3v) is 4.33. The van der Waals surface area contributed by atoms with Crippen LogP contribution in [0.5, 0.6) is 0 Å². The molecule has 2 rings (SSSR count). The number of carbonyl (C=O) groups excluding carboxylic acids is 1. The second kappa shape index (κ2) is 8.35. The minimum Gasteiger partial charge on any atom is -0.337 e. The summed E-state index contributed by atoms with van der Waals surface area (Å²) in [5.74, 6) is 0.119. The van der Waals surface area contributed by atoms with Crippen LogP contribution in [0.15, 0.2) is 34.8 Å². The average Bonchev–Trinajstić information content (AvgIpc) is 2.52. The van der Waals surface area contributed by atoms with Gasteiger partial charge in [0.15, 0.2) is 0 Å². The highest BCUT2D eigenvalue weighted by Crippen LogP contribution is 2.12. The summed E-state index contributed by atoms with van der Waals surface area (Å²) >= 11 is 3.41. The van der Waals surface area contributed by atoms with Gasteiger partial charge >= 0.3 is 0 Å². The molecule has 0 bridgehead atoms. The number of amides is 1. The molecule has 1 fully saturated rings. The molecular weight excluding hydrogens is 328 g/mol. The smallest absolute Gasteiger partial charge is 0.246 e. The Bertz CT molecular complexity index is 476. The van der Waals surface area contributed by atoms with Crippen molar-refractivity contribution in [3.8, 4) is 0 Å². The summed E-state index contributed by atoms with van der Waals surface area (Å²) in [6.45, 7) is 7.05. The molecule has 1 aromatic rings. The fourth-order valence-corrected chi connectivity index (χ4v) is 2.68. The van der Waals surface area contributed by atoms with Crippen LogP contribution in [0.3, 0.4) is 0 Å². The van der Waals surface area contributed by atoms with Crippen LogP contribution >= 0.6 is 15.9 Å². The van der Waals surface area contributed by atoms with Gasteiger partial charge in [-0.15, -0.1) is 0 Å². The van der Waals surface area contributed by atoms with Crippen molar-refractivity contribution in [2.24, 2.45) is 0 Å². The normalized spacial score (nSPS) is 16.6. The second-order valence-electron chi connectivity index (χ2n) is 5.41. The van der Waals surface area contributed by atoms with E-state index >= 15 is 0 Å². The van der Waals surface area contributed by atoms with Crippen LogP contribution in [0.1, 0.15) is 25.3 Å². The van der Waals surface area contributed by atoms with E-state index in [0.29, 0.717) is 0 Å². The molecule has 0 unspecified atom stereocenters. The maximum absolute atomic E-state index is 12.2. The Morgan fingerprint density at radius 3 is 2.48 bits per heavy atom. The number of hydrogen-bond acceptors (Lipinski definition) is 2. The molecule has 1 aliphatic heterocycles. The fraction of sp³-hybridized carbons (Fsp3) is 0.471. The lowest BCUT2D eigenvalue weighted by Crippen LogP contribution is -2.48. The maximum atomic E-state index is 12.2. The number of piperazine rings is 1.